The van der Waals surface area contributed by atoms with E-state index in [2.05, 4.69) is 53.9 Å². The molecule has 0 atom stereocenters. The van der Waals surface area contributed by atoms with Crippen molar-refractivity contribution in [2.24, 2.45) is 0 Å². The number of hydrogen-bond acceptors (Lipinski definition) is 2. The van der Waals surface area contributed by atoms with E-state index in [1.165, 1.54) is 16.5 Å². The second-order valence-corrected chi connectivity index (χ2v) is 5.16. The van der Waals surface area contributed by atoms with Gasteiger partial charge in [0.15, 0.2) is 0 Å². The molecule has 1 heterocycles. The fourth-order valence-corrected chi connectivity index (χ4v) is 2.42. The quantitative estimate of drug-likeness (QED) is 0.471. The van der Waals surface area contributed by atoms with E-state index >= 15 is 0 Å². The van der Waals surface area contributed by atoms with E-state index in [9.17, 15) is 5.26 Å². The molecule has 0 N–H and O–H groups in total. The molecule has 0 spiro atoms. The molecule has 0 amide bonds. The predicted octanol–water partition coefficient (Wildman–Crippen LogP) is 4.14. The lowest BCUT2D eigenvalue weighted by molar-refractivity contribution is 1.39. The number of fused-ring (bicyclic) bond motifs is 1. The Bertz CT molecular complexity index is 759. The van der Waals surface area contributed by atoms with E-state index in [0.29, 0.717) is 5.57 Å². The second kappa shape index (κ2) is 4.86. The first kappa shape index (κ1) is 12.5. The summed E-state index contributed by atoms with van der Waals surface area (Å²) in [6.45, 7) is 7.91. The normalized spacial score (nSPS) is 14.2. The van der Waals surface area contributed by atoms with Gasteiger partial charge < -0.3 is 4.90 Å². The van der Waals surface area contributed by atoms with E-state index < -0.39 is 0 Å². The molecule has 2 aromatic carbocycles. The molecule has 0 aromatic heterocycles. The van der Waals surface area contributed by atoms with Crippen LogP contribution in [0.15, 0.2) is 54.1 Å². The third-order valence-electron chi connectivity index (χ3n) is 3.58. The first-order chi connectivity index (χ1) is 9.70. The van der Waals surface area contributed by atoms with Crippen LogP contribution >= 0.6 is 0 Å². The largest absolute Gasteiger partial charge is 0.367 e. The highest BCUT2D eigenvalue weighted by Crippen LogP contribution is 2.35. The number of benzene rings is 2. The van der Waals surface area contributed by atoms with Crippen molar-refractivity contribution in [3.8, 4) is 6.07 Å². The molecule has 20 heavy (non-hydrogen) atoms. The van der Waals surface area contributed by atoms with Crippen LogP contribution in [0, 0.1) is 11.3 Å². The fraction of sp³-hybridized carbons (Fsp3) is 0.167. The first-order valence-corrected chi connectivity index (χ1v) is 6.75. The fourth-order valence-electron chi connectivity index (χ4n) is 2.42. The van der Waals surface area contributed by atoms with Gasteiger partial charge in [-0.15, -0.1) is 0 Å². The molecular formula is C18H16N2. The summed E-state index contributed by atoms with van der Waals surface area (Å²) in [5, 5.41) is 11.7. The average molecular weight is 260 g/mol. The Labute approximate surface area is 119 Å². The molecule has 1 aliphatic heterocycles. The van der Waals surface area contributed by atoms with Crippen molar-refractivity contribution in [2.75, 3.05) is 18.0 Å². The number of hydrogen-bond donors (Lipinski definition) is 0. The average Bonchev–Trinajstić information content (AvgIpc) is 3.28. The number of allylic oxidation sites excluding steroid dienone is 2. The minimum absolute atomic E-state index is 0.642. The van der Waals surface area contributed by atoms with Crippen LogP contribution in [0.2, 0.25) is 0 Å². The van der Waals surface area contributed by atoms with Gasteiger partial charge in [-0.25, -0.2) is 0 Å². The molecule has 2 heteroatoms. The SMILES string of the molecule is C=C(C)/C(C#N)=C/c1ccc2ccccc2c1N1CC1. The monoisotopic (exact) mass is 260 g/mol. The summed E-state index contributed by atoms with van der Waals surface area (Å²) in [6.07, 6.45) is 1.95. The smallest absolute Gasteiger partial charge is 0.0994 e. The van der Waals surface area contributed by atoms with E-state index in [4.69, 9.17) is 0 Å². The zero-order valence-corrected chi connectivity index (χ0v) is 11.6. The summed E-state index contributed by atoms with van der Waals surface area (Å²) in [6, 6.07) is 14.8. The molecule has 2 nitrogen and oxygen atoms in total. The van der Waals surface area contributed by atoms with Crippen molar-refractivity contribution >= 4 is 22.5 Å². The van der Waals surface area contributed by atoms with Gasteiger partial charge in [0, 0.05) is 18.5 Å². The van der Waals surface area contributed by atoms with Crippen LogP contribution in [-0.4, -0.2) is 13.1 Å². The van der Waals surface area contributed by atoms with Crippen molar-refractivity contribution < 1.29 is 0 Å². The Hall–Kier alpha value is -2.53. The van der Waals surface area contributed by atoms with Gasteiger partial charge in [0.05, 0.1) is 17.3 Å². The number of nitrogens with zero attached hydrogens (tertiary/aromatic N) is 2. The highest BCUT2D eigenvalue weighted by Gasteiger charge is 2.22. The third-order valence-corrected chi connectivity index (χ3v) is 3.58. The maximum Gasteiger partial charge on any atom is 0.0994 e. The number of anilines is 1. The lowest BCUT2D eigenvalue weighted by Crippen LogP contribution is -1.96. The van der Waals surface area contributed by atoms with E-state index in [1.54, 1.807) is 0 Å². The number of rotatable bonds is 3. The molecule has 2 aromatic rings. The summed E-state index contributed by atoms with van der Waals surface area (Å²) in [4.78, 5) is 2.33. The zero-order chi connectivity index (χ0) is 14.1. The molecule has 0 aliphatic carbocycles. The standard InChI is InChI=1S/C18H16N2/c1-13(2)16(12-19)11-15-8-7-14-5-3-4-6-17(14)18(15)20-9-10-20/h3-8,11H,1,9-10H2,2H3/b16-11+. The summed E-state index contributed by atoms with van der Waals surface area (Å²) < 4.78 is 0. The molecule has 0 radical (unpaired) electrons. The van der Waals surface area contributed by atoms with Crippen LogP contribution in [-0.2, 0) is 0 Å². The Morgan fingerprint density at radius 2 is 2.00 bits per heavy atom. The summed E-state index contributed by atoms with van der Waals surface area (Å²) in [5.41, 5.74) is 3.78. The summed E-state index contributed by atoms with van der Waals surface area (Å²) >= 11 is 0. The predicted molar refractivity (Wildman–Crippen MR) is 84.6 cm³/mol. The van der Waals surface area contributed by atoms with Gasteiger partial charge in [-0.2, -0.15) is 5.26 Å². The van der Waals surface area contributed by atoms with Gasteiger partial charge in [0.1, 0.15) is 0 Å². The second-order valence-electron chi connectivity index (χ2n) is 5.16. The lowest BCUT2D eigenvalue weighted by atomic mass is 10.0. The van der Waals surface area contributed by atoms with Gasteiger partial charge in [-0.3, -0.25) is 0 Å². The van der Waals surface area contributed by atoms with Crippen LogP contribution in [0.1, 0.15) is 12.5 Å². The van der Waals surface area contributed by atoms with Gasteiger partial charge in [0.25, 0.3) is 0 Å². The van der Waals surface area contributed by atoms with Crippen molar-refractivity contribution in [3.63, 3.8) is 0 Å². The molecule has 0 unspecified atom stereocenters. The minimum atomic E-state index is 0.642. The topological polar surface area (TPSA) is 26.8 Å². The van der Waals surface area contributed by atoms with Gasteiger partial charge >= 0.3 is 0 Å². The van der Waals surface area contributed by atoms with Crippen molar-refractivity contribution in [1.82, 2.24) is 0 Å². The van der Waals surface area contributed by atoms with E-state index in [1.807, 2.05) is 13.0 Å². The van der Waals surface area contributed by atoms with Crippen molar-refractivity contribution in [1.29, 1.82) is 5.26 Å². The van der Waals surface area contributed by atoms with Crippen LogP contribution in [0.5, 0.6) is 0 Å². The van der Waals surface area contributed by atoms with E-state index in [-0.39, 0.29) is 0 Å². The zero-order valence-electron chi connectivity index (χ0n) is 11.6. The molecule has 3 rings (SSSR count). The third kappa shape index (κ3) is 2.19. The van der Waals surface area contributed by atoms with Gasteiger partial charge in [-0.05, 0) is 29.5 Å². The molecule has 1 fully saturated rings. The first-order valence-electron chi connectivity index (χ1n) is 6.75. The molecule has 1 saturated heterocycles. The van der Waals surface area contributed by atoms with Crippen LogP contribution < -0.4 is 4.90 Å². The summed E-state index contributed by atoms with van der Waals surface area (Å²) in [7, 11) is 0. The van der Waals surface area contributed by atoms with Crippen LogP contribution in [0.4, 0.5) is 5.69 Å². The highest BCUT2D eigenvalue weighted by atomic mass is 15.3. The highest BCUT2D eigenvalue weighted by molar-refractivity contribution is 5.99. The maximum atomic E-state index is 9.22. The molecule has 0 bridgehead atoms. The van der Waals surface area contributed by atoms with Crippen LogP contribution in [0.3, 0.4) is 0 Å². The van der Waals surface area contributed by atoms with Gasteiger partial charge in [-0.1, -0.05) is 43.0 Å². The number of nitriles is 1. The Balaban J connectivity index is 2.24. The molecule has 0 saturated carbocycles. The van der Waals surface area contributed by atoms with E-state index in [0.717, 1.165) is 24.2 Å². The minimum Gasteiger partial charge on any atom is -0.367 e. The Morgan fingerprint density at radius 3 is 2.65 bits per heavy atom. The lowest BCUT2D eigenvalue weighted by Gasteiger charge is -2.12. The van der Waals surface area contributed by atoms with Crippen molar-refractivity contribution in [3.05, 3.63) is 59.7 Å². The maximum absolute atomic E-state index is 9.22. The Kier molecular flexibility index (Phi) is 3.04. The Morgan fingerprint density at radius 1 is 1.25 bits per heavy atom. The van der Waals surface area contributed by atoms with Crippen molar-refractivity contribution in [2.45, 2.75) is 6.92 Å². The molecule has 98 valence electrons. The summed E-state index contributed by atoms with van der Waals surface area (Å²) in [5.74, 6) is 0. The molecular weight excluding hydrogens is 244 g/mol. The van der Waals surface area contributed by atoms with Gasteiger partial charge in [0.2, 0.25) is 0 Å². The molecule has 1 aliphatic rings. The van der Waals surface area contributed by atoms with Crippen LogP contribution in [0.25, 0.3) is 16.8 Å².